The lowest BCUT2D eigenvalue weighted by Gasteiger charge is -2.30. The summed E-state index contributed by atoms with van der Waals surface area (Å²) >= 11 is 0. The van der Waals surface area contributed by atoms with Gasteiger partial charge >= 0.3 is 0 Å². The second-order valence-electron chi connectivity index (χ2n) is 10.0. The Hall–Kier alpha value is -3.25. The van der Waals surface area contributed by atoms with Crippen LogP contribution in [0.1, 0.15) is 41.3 Å². The molecule has 2 atom stereocenters. The monoisotopic (exact) mass is 492 g/mol. The van der Waals surface area contributed by atoms with Crippen molar-refractivity contribution in [2.24, 2.45) is 11.8 Å². The number of rotatable bonds is 9. The quantitative estimate of drug-likeness (QED) is 0.368. The second kappa shape index (κ2) is 11.7. The molecule has 0 aliphatic carbocycles. The molecule has 1 aliphatic heterocycles. The zero-order valence-corrected chi connectivity index (χ0v) is 21.2. The van der Waals surface area contributed by atoms with Crippen LogP contribution in [0.2, 0.25) is 0 Å². The van der Waals surface area contributed by atoms with E-state index in [9.17, 15) is 13.6 Å². The van der Waals surface area contributed by atoms with Crippen molar-refractivity contribution in [2.45, 2.75) is 26.3 Å². The maximum absolute atomic E-state index is 13.8. The highest BCUT2D eigenvalue weighted by Gasteiger charge is 2.37. The Morgan fingerprint density at radius 3 is 2.44 bits per heavy atom. The Morgan fingerprint density at radius 2 is 1.75 bits per heavy atom. The van der Waals surface area contributed by atoms with E-state index in [2.05, 4.69) is 24.8 Å². The fourth-order valence-corrected chi connectivity index (χ4v) is 5.23. The van der Waals surface area contributed by atoms with Crippen LogP contribution in [-0.2, 0) is 6.54 Å². The molecule has 3 aromatic carbocycles. The van der Waals surface area contributed by atoms with Gasteiger partial charge in [-0.25, -0.2) is 8.78 Å². The summed E-state index contributed by atoms with van der Waals surface area (Å²) in [5.74, 6) is 0.721. The van der Waals surface area contributed by atoms with Gasteiger partial charge in [-0.1, -0.05) is 44.2 Å². The van der Waals surface area contributed by atoms with E-state index < -0.39 is 0 Å². The van der Waals surface area contributed by atoms with Crippen molar-refractivity contribution in [1.82, 2.24) is 9.80 Å². The average Bonchev–Trinajstić information content (AvgIpc) is 3.25. The van der Waals surface area contributed by atoms with Gasteiger partial charge in [0.2, 0.25) is 0 Å². The molecule has 1 heterocycles. The van der Waals surface area contributed by atoms with E-state index in [1.807, 2.05) is 29.2 Å². The van der Waals surface area contributed by atoms with Gasteiger partial charge in [0.05, 0.1) is 7.11 Å². The van der Waals surface area contributed by atoms with Crippen LogP contribution in [0.4, 0.5) is 8.78 Å². The van der Waals surface area contributed by atoms with Crippen LogP contribution in [0.25, 0.3) is 0 Å². The molecule has 6 heteroatoms. The highest BCUT2D eigenvalue weighted by Crippen LogP contribution is 2.38. The molecule has 190 valence electrons. The van der Waals surface area contributed by atoms with E-state index in [1.165, 1.54) is 18.2 Å². The molecule has 0 aromatic heterocycles. The van der Waals surface area contributed by atoms with Crippen molar-refractivity contribution in [3.8, 4) is 5.75 Å². The third kappa shape index (κ3) is 6.30. The SMILES string of the molecule is COc1ccccc1C1CN(Cc2cccc(F)c2)CC1CN(CC(C)C)C(=O)c1ccc(F)cc1. The number of carbonyl (C=O) groups is 1. The molecule has 0 saturated carbocycles. The number of likely N-dealkylation sites (tertiary alicyclic amines) is 1. The minimum atomic E-state index is -0.359. The summed E-state index contributed by atoms with van der Waals surface area (Å²) in [4.78, 5) is 17.7. The zero-order valence-electron chi connectivity index (χ0n) is 21.2. The Balaban J connectivity index is 1.62. The van der Waals surface area contributed by atoms with E-state index in [-0.39, 0.29) is 35.3 Å². The van der Waals surface area contributed by atoms with Crippen LogP contribution >= 0.6 is 0 Å². The van der Waals surface area contributed by atoms with Gasteiger partial charge in [-0.15, -0.1) is 0 Å². The van der Waals surface area contributed by atoms with Gasteiger partial charge < -0.3 is 9.64 Å². The molecule has 4 nitrogen and oxygen atoms in total. The Morgan fingerprint density at radius 1 is 1.00 bits per heavy atom. The Labute approximate surface area is 212 Å². The van der Waals surface area contributed by atoms with Crippen molar-refractivity contribution < 1.29 is 18.3 Å². The first kappa shape index (κ1) is 25.8. The first-order valence-corrected chi connectivity index (χ1v) is 12.5. The fourth-order valence-electron chi connectivity index (χ4n) is 5.23. The van der Waals surface area contributed by atoms with Gasteiger partial charge in [0.1, 0.15) is 17.4 Å². The number of nitrogens with zero attached hydrogens (tertiary/aromatic N) is 2. The number of carbonyl (C=O) groups excluding carboxylic acids is 1. The molecule has 1 saturated heterocycles. The smallest absolute Gasteiger partial charge is 0.253 e. The number of methoxy groups -OCH3 is 1. The number of hydrogen-bond acceptors (Lipinski definition) is 3. The average molecular weight is 493 g/mol. The molecule has 0 N–H and O–H groups in total. The third-order valence-corrected chi connectivity index (χ3v) is 6.77. The highest BCUT2D eigenvalue weighted by molar-refractivity contribution is 5.94. The van der Waals surface area contributed by atoms with Crippen LogP contribution < -0.4 is 4.74 Å². The number of benzene rings is 3. The summed E-state index contributed by atoms with van der Waals surface area (Å²) in [6, 6.07) is 20.5. The van der Waals surface area contributed by atoms with Crippen LogP contribution in [-0.4, -0.2) is 49.0 Å². The van der Waals surface area contributed by atoms with Crippen molar-refractivity contribution in [2.75, 3.05) is 33.3 Å². The summed E-state index contributed by atoms with van der Waals surface area (Å²) < 4.78 is 33.0. The molecule has 0 spiro atoms. The van der Waals surface area contributed by atoms with Crippen molar-refractivity contribution in [3.63, 3.8) is 0 Å². The molecule has 3 aromatic rings. The summed E-state index contributed by atoms with van der Waals surface area (Å²) in [5, 5.41) is 0. The van der Waals surface area contributed by atoms with E-state index in [1.54, 1.807) is 31.4 Å². The summed E-state index contributed by atoms with van der Waals surface area (Å²) in [6.07, 6.45) is 0. The lowest BCUT2D eigenvalue weighted by atomic mass is 9.87. The molecule has 1 amide bonds. The van der Waals surface area contributed by atoms with Gasteiger partial charge in [0.25, 0.3) is 5.91 Å². The maximum Gasteiger partial charge on any atom is 0.253 e. The van der Waals surface area contributed by atoms with Crippen LogP contribution in [0.5, 0.6) is 5.75 Å². The summed E-state index contributed by atoms with van der Waals surface area (Å²) in [5.41, 5.74) is 2.53. The fraction of sp³-hybridized carbons (Fsp3) is 0.367. The van der Waals surface area contributed by atoms with Crippen molar-refractivity contribution in [3.05, 3.63) is 101 Å². The van der Waals surface area contributed by atoms with E-state index in [0.29, 0.717) is 25.2 Å². The molecule has 36 heavy (non-hydrogen) atoms. The predicted octanol–water partition coefficient (Wildman–Crippen LogP) is 5.99. The molecule has 2 unspecified atom stereocenters. The minimum Gasteiger partial charge on any atom is -0.496 e. The third-order valence-electron chi connectivity index (χ3n) is 6.77. The van der Waals surface area contributed by atoms with Gasteiger partial charge in [-0.05, 0) is 65.4 Å². The zero-order chi connectivity index (χ0) is 25.7. The molecular weight excluding hydrogens is 458 g/mol. The van der Waals surface area contributed by atoms with E-state index in [4.69, 9.17) is 4.74 Å². The number of ether oxygens (including phenoxy) is 1. The molecule has 1 fully saturated rings. The van der Waals surface area contributed by atoms with Crippen molar-refractivity contribution in [1.29, 1.82) is 0 Å². The summed E-state index contributed by atoms with van der Waals surface area (Å²) in [6.45, 7) is 7.54. The van der Waals surface area contributed by atoms with Gasteiger partial charge in [-0.2, -0.15) is 0 Å². The summed E-state index contributed by atoms with van der Waals surface area (Å²) in [7, 11) is 1.68. The topological polar surface area (TPSA) is 32.8 Å². The minimum absolute atomic E-state index is 0.0916. The lowest BCUT2D eigenvalue weighted by Crippen LogP contribution is -2.39. The second-order valence-corrected chi connectivity index (χ2v) is 10.0. The molecule has 0 radical (unpaired) electrons. The Bertz CT molecular complexity index is 1170. The van der Waals surface area contributed by atoms with E-state index in [0.717, 1.165) is 30.0 Å². The number of halogens is 2. The highest BCUT2D eigenvalue weighted by atomic mass is 19.1. The maximum atomic E-state index is 13.8. The van der Waals surface area contributed by atoms with Crippen LogP contribution in [0, 0.1) is 23.5 Å². The van der Waals surface area contributed by atoms with Crippen LogP contribution in [0.3, 0.4) is 0 Å². The number of amides is 1. The molecule has 0 bridgehead atoms. The Kier molecular flexibility index (Phi) is 8.36. The van der Waals surface area contributed by atoms with Crippen molar-refractivity contribution >= 4 is 5.91 Å². The number of hydrogen-bond donors (Lipinski definition) is 0. The normalized spacial score (nSPS) is 17.9. The lowest BCUT2D eigenvalue weighted by molar-refractivity contribution is 0.0703. The standard InChI is InChI=1S/C30H34F2N2O2/c1-21(2)16-34(30(35)23-11-13-25(31)14-12-23)19-24-18-33(17-22-7-6-8-26(32)15-22)20-28(24)27-9-4-5-10-29(27)36-3/h4-15,21,24,28H,16-20H2,1-3H3. The van der Waals surface area contributed by atoms with Gasteiger partial charge in [-0.3, -0.25) is 9.69 Å². The van der Waals surface area contributed by atoms with Gasteiger partial charge in [0, 0.05) is 44.2 Å². The van der Waals surface area contributed by atoms with Gasteiger partial charge in [0.15, 0.2) is 0 Å². The molecular formula is C30H34F2N2O2. The predicted molar refractivity (Wildman–Crippen MR) is 138 cm³/mol. The number of para-hydroxylation sites is 1. The molecule has 4 rings (SSSR count). The van der Waals surface area contributed by atoms with Crippen LogP contribution in [0.15, 0.2) is 72.8 Å². The first-order valence-electron chi connectivity index (χ1n) is 12.5. The first-order chi connectivity index (χ1) is 17.3. The molecule has 1 aliphatic rings. The van der Waals surface area contributed by atoms with E-state index >= 15 is 0 Å². The largest absolute Gasteiger partial charge is 0.496 e.